The predicted molar refractivity (Wildman–Crippen MR) is 65.0 cm³/mol. The molecule has 4 nitrogen and oxygen atoms in total. The highest BCUT2D eigenvalue weighted by Gasteiger charge is 1.92. The lowest BCUT2D eigenvalue weighted by Gasteiger charge is -1.95. The summed E-state index contributed by atoms with van der Waals surface area (Å²) in [5.41, 5.74) is 5.14. The molecule has 16 heavy (non-hydrogen) atoms. The Labute approximate surface area is 97.5 Å². The molecule has 0 heterocycles. The van der Waals surface area contributed by atoms with E-state index in [9.17, 15) is 9.59 Å². The highest BCUT2D eigenvalue weighted by atomic mass is 16.4. The molecule has 0 rings (SSSR count). The third kappa shape index (κ3) is 18.5. The van der Waals surface area contributed by atoms with Crippen molar-refractivity contribution in [3.8, 4) is 0 Å². The standard InChI is InChI=1S/C8H17NO.C4H6O2/c1-2-3-4-5-6-7-8(9)10;1-3(2)4(5)6/h2-7H2,1H3,(H2,9,10);1H2,2H3,(H,5,6). The van der Waals surface area contributed by atoms with Gasteiger partial charge < -0.3 is 10.8 Å². The Bertz CT molecular complexity index is 212. The molecule has 94 valence electrons. The second kappa shape index (κ2) is 11.8. The molecule has 0 atom stereocenters. The monoisotopic (exact) mass is 229 g/mol. The van der Waals surface area contributed by atoms with Crippen molar-refractivity contribution in [2.75, 3.05) is 0 Å². The highest BCUT2D eigenvalue weighted by Crippen LogP contribution is 2.03. The lowest BCUT2D eigenvalue weighted by atomic mass is 10.1. The fourth-order valence-electron chi connectivity index (χ4n) is 0.903. The van der Waals surface area contributed by atoms with Gasteiger partial charge >= 0.3 is 5.97 Å². The van der Waals surface area contributed by atoms with Crippen LogP contribution in [0.2, 0.25) is 0 Å². The molecule has 0 spiro atoms. The second-order valence-corrected chi connectivity index (χ2v) is 3.72. The van der Waals surface area contributed by atoms with Gasteiger partial charge in [0.2, 0.25) is 5.91 Å². The van der Waals surface area contributed by atoms with Crippen molar-refractivity contribution in [3.05, 3.63) is 12.2 Å². The number of hydrogen-bond acceptors (Lipinski definition) is 2. The number of amides is 1. The molecule has 0 aromatic rings. The Kier molecular flexibility index (Phi) is 12.6. The van der Waals surface area contributed by atoms with Crippen molar-refractivity contribution >= 4 is 11.9 Å². The Balaban J connectivity index is 0. The van der Waals surface area contributed by atoms with Gasteiger partial charge in [-0.25, -0.2) is 4.79 Å². The maximum absolute atomic E-state index is 10.3. The molecule has 0 aromatic heterocycles. The van der Waals surface area contributed by atoms with E-state index in [2.05, 4.69) is 13.5 Å². The molecule has 0 aliphatic rings. The smallest absolute Gasteiger partial charge is 0.330 e. The van der Waals surface area contributed by atoms with Crippen LogP contribution in [-0.2, 0) is 9.59 Å². The zero-order valence-electron chi connectivity index (χ0n) is 10.3. The number of aliphatic carboxylic acids is 1. The molecule has 4 heteroatoms. The van der Waals surface area contributed by atoms with E-state index in [0.29, 0.717) is 6.42 Å². The van der Waals surface area contributed by atoms with E-state index in [-0.39, 0.29) is 11.5 Å². The van der Waals surface area contributed by atoms with Gasteiger partial charge in [-0.15, -0.1) is 0 Å². The normalized spacial score (nSPS) is 8.88. The largest absolute Gasteiger partial charge is 0.478 e. The molecule has 0 saturated carbocycles. The first-order valence-corrected chi connectivity index (χ1v) is 5.58. The topological polar surface area (TPSA) is 80.4 Å². The van der Waals surface area contributed by atoms with Crippen molar-refractivity contribution in [2.45, 2.75) is 52.4 Å². The minimum Gasteiger partial charge on any atom is -0.478 e. The Morgan fingerprint density at radius 1 is 1.19 bits per heavy atom. The Morgan fingerprint density at radius 2 is 1.62 bits per heavy atom. The molecule has 0 saturated heterocycles. The molecule has 0 aromatic carbocycles. The van der Waals surface area contributed by atoms with Crippen molar-refractivity contribution in [2.24, 2.45) is 5.73 Å². The van der Waals surface area contributed by atoms with E-state index in [1.54, 1.807) is 0 Å². The van der Waals surface area contributed by atoms with Gasteiger partial charge in [0.15, 0.2) is 0 Å². The number of carbonyl (C=O) groups excluding carboxylic acids is 1. The third-order valence-corrected chi connectivity index (χ3v) is 1.89. The van der Waals surface area contributed by atoms with Gasteiger partial charge in [-0.3, -0.25) is 4.79 Å². The highest BCUT2D eigenvalue weighted by molar-refractivity contribution is 5.84. The van der Waals surface area contributed by atoms with Crippen LogP contribution in [0.15, 0.2) is 12.2 Å². The van der Waals surface area contributed by atoms with Gasteiger partial charge in [0, 0.05) is 12.0 Å². The lowest BCUT2D eigenvalue weighted by Crippen LogP contribution is -2.09. The van der Waals surface area contributed by atoms with Gasteiger partial charge in [-0.1, -0.05) is 39.2 Å². The molecule has 0 fully saturated rings. The van der Waals surface area contributed by atoms with Gasteiger partial charge in [-0.2, -0.15) is 0 Å². The quantitative estimate of drug-likeness (QED) is 0.520. The fourth-order valence-corrected chi connectivity index (χ4v) is 0.903. The third-order valence-electron chi connectivity index (χ3n) is 1.89. The number of primary amides is 1. The Morgan fingerprint density at radius 3 is 1.94 bits per heavy atom. The van der Waals surface area contributed by atoms with Crippen LogP contribution in [-0.4, -0.2) is 17.0 Å². The first-order valence-electron chi connectivity index (χ1n) is 5.58. The summed E-state index contributed by atoms with van der Waals surface area (Å²) >= 11 is 0. The molecule has 1 amide bonds. The fraction of sp³-hybridized carbons (Fsp3) is 0.667. The summed E-state index contributed by atoms with van der Waals surface area (Å²) in [4.78, 5) is 19.9. The summed E-state index contributed by atoms with van der Waals surface area (Å²) in [7, 11) is 0. The molecule has 0 unspecified atom stereocenters. The van der Waals surface area contributed by atoms with Gasteiger partial charge in [0.25, 0.3) is 0 Å². The van der Waals surface area contributed by atoms with Gasteiger partial charge in [0.05, 0.1) is 0 Å². The summed E-state index contributed by atoms with van der Waals surface area (Å²) in [6.45, 7) is 6.78. The van der Waals surface area contributed by atoms with Crippen LogP contribution < -0.4 is 5.73 Å². The molecule has 0 bridgehead atoms. The summed E-state index contributed by atoms with van der Waals surface area (Å²) in [5, 5.41) is 7.89. The van der Waals surface area contributed by atoms with Crippen LogP contribution >= 0.6 is 0 Å². The molecule has 0 aliphatic heterocycles. The van der Waals surface area contributed by atoms with Crippen LogP contribution in [0.1, 0.15) is 52.4 Å². The number of carboxylic acids is 1. The van der Waals surface area contributed by atoms with Crippen molar-refractivity contribution in [1.29, 1.82) is 0 Å². The zero-order valence-corrected chi connectivity index (χ0v) is 10.3. The average Bonchev–Trinajstić information content (AvgIpc) is 2.18. The first-order chi connectivity index (χ1) is 7.41. The number of unbranched alkanes of at least 4 members (excludes halogenated alkanes) is 4. The lowest BCUT2D eigenvalue weighted by molar-refractivity contribution is -0.132. The number of rotatable bonds is 7. The average molecular weight is 229 g/mol. The first kappa shape index (κ1) is 17.1. The van der Waals surface area contributed by atoms with Crippen molar-refractivity contribution < 1.29 is 14.7 Å². The Hall–Kier alpha value is -1.32. The number of nitrogens with two attached hydrogens (primary N) is 1. The van der Waals surface area contributed by atoms with E-state index in [4.69, 9.17) is 10.8 Å². The summed E-state index contributed by atoms with van der Waals surface area (Å²) in [5.74, 6) is -1.11. The summed E-state index contributed by atoms with van der Waals surface area (Å²) in [6, 6.07) is 0. The molecular formula is C12H23NO3. The SMILES string of the molecule is C=C(C)C(=O)O.CCCCCCCC(N)=O. The van der Waals surface area contributed by atoms with Crippen LogP contribution in [0.3, 0.4) is 0 Å². The number of hydrogen-bond donors (Lipinski definition) is 2. The van der Waals surface area contributed by atoms with Crippen LogP contribution in [0.5, 0.6) is 0 Å². The minimum atomic E-state index is -0.935. The van der Waals surface area contributed by atoms with E-state index in [1.165, 1.54) is 26.2 Å². The van der Waals surface area contributed by atoms with Crippen LogP contribution in [0, 0.1) is 0 Å². The zero-order chi connectivity index (χ0) is 13.0. The van der Waals surface area contributed by atoms with Crippen molar-refractivity contribution in [1.82, 2.24) is 0 Å². The van der Waals surface area contributed by atoms with E-state index in [1.807, 2.05) is 0 Å². The second-order valence-electron chi connectivity index (χ2n) is 3.72. The van der Waals surface area contributed by atoms with Crippen molar-refractivity contribution in [3.63, 3.8) is 0 Å². The number of carboxylic acid groups (broad SMARTS) is 1. The molecule has 0 aliphatic carbocycles. The van der Waals surface area contributed by atoms with E-state index >= 15 is 0 Å². The number of carbonyl (C=O) groups is 2. The molecular weight excluding hydrogens is 206 g/mol. The van der Waals surface area contributed by atoms with Gasteiger partial charge in [0.1, 0.15) is 0 Å². The van der Waals surface area contributed by atoms with Gasteiger partial charge in [-0.05, 0) is 13.3 Å². The molecule has 0 radical (unpaired) electrons. The maximum atomic E-state index is 10.3. The summed E-state index contributed by atoms with van der Waals surface area (Å²) in [6.07, 6.45) is 6.44. The van der Waals surface area contributed by atoms with Crippen LogP contribution in [0.4, 0.5) is 0 Å². The van der Waals surface area contributed by atoms with E-state index < -0.39 is 5.97 Å². The summed E-state index contributed by atoms with van der Waals surface area (Å²) < 4.78 is 0. The van der Waals surface area contributed by atoms with E-state index in [0.717, 1.165) is 12.8 Å². The maximum Gasteiger partial charge on any atom is 0.330 e. The minimum absolute atomic E-state index is 0.170. The molecule has 3 N–H and O–H groups in total. The predicted octanol–water partition coefficient (Wildman–Crippen LogP) is 2.48. The van der Waals surface area contributed by atoms with Crippen LogP contribution in [0.25, 0.3) is 0 Å².